The van der Waals surface area contributed by atoms with Gasteiger partial charge < -0.3 is 10.4 Å². The summed E-state index contributed by atoms with van der Waals surface area (Å²) in [7, 11) is 0. The molecule has 0 bridgehead atoms. The van der Waals surface area contributed by atoms with E-state index in [1.165, 1.54) is 11.1 Å². The molecule has 0 spiro atoms. The summed E-state index contributed by atoms with van der Waals surface area (Å²) in [6.07, 6.45) is -0.706. The second-order valence-corrected chi connectivity index (χ2v) is 5.71. The Kier molecular flexibility index (Phi) is 4.92. The van der Waals surface area contributed by atoms with Crippen molar-refractivity contribution >= 4 is 28.9 Å². The van der Waals surface area contributed by atoms with Crippen LogP contribution < -0.4 is 5.32 Å². The standard InChI is InChI=1S/C16H17Cl2NO/c1-10-3-5-13(7-11(10)2)19-9-16(20)14-8-12(17)4-6-15(14)18/h3-8,16,19-20H,9H2,1-2H3. The van der Waals surface area contributed by atoms with E-state index in [9.17, 15) is 5.11 Å². The Hall–Kier alpha value is -1.22. The topological polar surface area (TPSA) is 32.3 Å². The Morgan fingerprint density at radius 3 is 2.50 bits per heavy atom. The number of aliphatic hydroxyl groups is 1. The molecule has 0 aromatic heterocycles. The average molecular weight is 310 g/mol. The Labute approximate surface area is 129 Å². The molecular weight excluding hydrogens is 293 g/mol. The summed E-state index contributed by atoms with van der Waals surface area (Å²) >= 11 is 12.0. The molecule has 0 fully saturated rings. The van der Waals surface area contributed by atoms with E-state index in [1.54, 1.807) is 18.2 Å². The van der Waals surface area contributed by atoms with Crippen LogP contribution in [0, 0.1) is 13.8 Å². The quantitative estimate of drug-likeness (QED) is 0.853. The number of halogens is 2. The molecule has 2 aromatic carbocycles. The van der Waals surface area contributed by atoms with E-state index in [0.29, 0.717) is 22.2 Å². The number of hydrogen-bond donors (Lipinski definition) is 2. The molecule has 0 aliphatic carbocycles. The van der Waals surface area contributed by atoms with Crippen LogP contribution in [0.4, 0.5) is 5.69 Å². The number of hydrogen-bond acceptors (Lipinski definition) is 2. The fourth-order valence-corrected chi connectivity index (χ4v) is 2.37. The van der Waals surface area contributed by atoms with Crippen LogP contribution in [0.25, 0.3) is 0 Å². The number of aliphatic hydroxyl groups excluding tert-OH is 1. The molecule has 2 nitrogen and oxygen atoms in total. The number of aryl methyl sites for hydroxylation is 2. The van der Waals surface area contributed by atoms with E-state index in [0.717, 1.165) is 5.69 Å². The maximum atomic E-state index is 10.2. The van der Waals surface area contributed by atoms with Crippen LogP contribution in [0.15, 0.2) is 36.4 Å². The Morgan fingerprint density at radius 1 is 1.05 bits per heavy atom. The van der Waals surface area contributed by atoms with Crippen LogP contribution in [0.1, 0.15) is 22.8 Å². The Bertz CT molecular complexity index is 613. The summed E-state index contributed by atoms with van der Waals surface area (Å²) in [6.45, 7) is 4.51. The van der Waals surface area contributed by atoms with Gasteiger partial charge in [0.15, 0.2) is 0 Å². The highest BCUT2D eigenvalue weighted by molar-refractivity contribution is 6.33. The van der Waals surface area contributed by atoms with Gasteiger partial charge >= 0.3 is 0 Å². The van der Waals surface area contributed by atoms with Crippen molar-refractivity contribution in [2.24, 2.45) is 0 Å². The molecule has 0 amide bonds. The normalized spacial score (nSPS) is 12.2. The smallest absolute Gasteiger partial charge is 0.0977 e. The number of benzene rings is 2. The van der Waals surface area contributed by atoms with Crippen molar-refractivity contribution < 1.29 is 5.11 Å². The second kappa shape index (κ2) is 6.49. The molecule has 106 valence electrons. The van der Waals surface area contributed by atoms with Crippen LogP contribution in [-0.4, -0.2) is 11.7 Å². The molecule has 0 saturated heterocycles. The third-order valence-electron chi connectivity index (χ3n) is 3.32. The van der Waals surface area contributed by atoms with Crippen LogP contribution in [0.5, 0.6) is 0 Å². The van der Waals surface area contributed by atoms with E-state index in [1.807, 2.05) is 6.07 Å². The number of nitrogens with one attached hydrogen (secondary N) is 1. The molecule has 2 N–H and O–H groups in total. The van der Waals surface area contributed by atoms with E-state index in [4.69, 9.17) is 23.2 Å². The zero-order valence-electron chi connectivity index (χ0n) is 11.5. The minimum absolute atomic E-state index is 0.378. The number of rotatable bonds is 4. The largest absolute Gasteiger partial charge is 0.387 e. The van der Waals surface area contributed by atoms with Gasteiger partial charge in [0.05, 0.1) is 6.10 Å². The van der Waals surface area contributed by atoms with Crippen LogP contribution >= 0.6 is 23.2 Å². The zero-order chi connectivity index (χ0) is 14.7. The third kappa shape index (κ3) is 3.66. The lowest BCUT2D eigenvalue weighted by Crippen LogP contribution is -2.12. The van der Waals surface area contributed by atoms with Gasteiger partial charge in [0.2, 0.25) is 0 Å². The molecule has 0 heterocycles. The second-order valence-electron chi connectivity index (χ2n) is 4.86. The lowest BCUT2D eigenvalue weighted by atomic mass is 10.1. The molecule has 0 saturated carbocycles. The maximum Gasteiger partial charge on any atom is 0.0977 e. The van der Waals surface area contributed by atoms with Gasteiger partial charge in [0.1, 0.15) is 0 Å². The SMILES string of the molecule is Cc1ccc(NCC(O)c2cc(Cl)ccc2Cl)cc1C. The fraction of sp³-hybridized carbons (Fsp3) is 0.250. The average Bonchev–Trinajstić information content (AvgIpc) is 2.42. The highest BCUT2D eigenvalue weighted by atomic mass is 35.5. The van der Waals surface area contributed by atoms with Gasteiger partial charge in [-0.05, 0) is 55.3 Å². The first kappa shape index (κ1) is 15.2. The molecule has 1 atom stereocenters. The molecule has 0 radical (unpaired) electrons. The van der Waals surface area contributed by atoms with Crippen LogP contribution in [-0.2, 0) is 0 Å². The number of anilines is 1. The first-order valence-corrected chi connectivity index (χ1v) is 7.17. The molecular formula is C16H17Cl2NO. The van der Waals surface area contributed by atoms with Gasteiger partial charge in [0.25, 0.3) is 0 Å². The highest BCUT2D eigenvalue weighted by Gasteiger charge is 2.12. The molecule has 0 aliphatic heterocycles. The van der Waals surface area contributed by atoms with Crippen LogP contribution in [0.2, 0.25) is 10.0 Å². The van der Waals surface area contributed by atoms with Crippen molar-refractivity contribution in [3.05, 3.63) is 63.1 Å². The van der Waals surface area contributed by atoms with Gasteiger partial charge in [0, 0.05) is 27.8 Å². The lowest BCUT2D eigenvalue weighted by Gasteiger charge is -2.15. The third-order valence-corrected chi connectivity index (χ3v) is 3.90. The molecule has 4 heteroatoms. The predicted molar refractivity (Wildman–Crippen MR) is 85.8 cm³/mol. The van der Waals surface area contributed by atoms with E-state index in [2.05, 4.69) is 31.3 Å². The Morgan fingerprint density at radius 2 is 1.80 bits per heavy atom. The minimum atomic E-state index is -0.706. The summed E-state index contributed by atoms with van der Waals surface area (Å²) in [5.41, 5.74) is 4.07. The zero-order valence-corrected chi connectivity index (χ0v) is 13.0. The van der Waals surface area contributed by atoms with Gasteiger partial charge in [-0.1, -0.05) is 29.3 Å². The Balaban J connectivity index is 2.06. The highest BCUT2D eigenvalue weighted by Crippen LogP contribution is 2.26. The first-order valence-electron chi connectivity index (χ1n) is 6.41. The minimum Gasteiger partial charge on any atom is -0.387 e. The maximum absolute atomic E-state index is 10.2. The summed E-state index contributed by atoms with van der Waals surface area (Å²) in [5, 5.41) is 14.5. The van der Waals surface area contributed by atoms with Crippen molar-refractivity contribution in [3.63, 3.8) is 0 Å². The predicted octanol–water partition coefficient (Wildman–Crippen LogP) is 4.76. The lowest BCUT2D eigenvalue weighted by molar-refractivity contribution is 0.192. The summed E-state index contributed by atoms with van der Waals surface area (Å²) in [5.74, 6) is 0. The van der Waals surface area contributed by atoms with Crippen molar-refractivity contribution in [2.75, 3.05) is 11.9 Å². The van der Waals surface area contributed by atoms with Gasteiger partial charge in [-0.15, -0.1) is 0 Å². The molecule has 1 unspecified atom stereocenters. The molecule has 2 aromatic rings. The van der Waals surface area contributed by atoms with E-state index in [-0.39, 0.29) is 0 Å². The molecule has 0 aliphatic rings. The summed E-state index contributed by atoms with van der Waals surface area (Å²) in [4.78, 5) is 0. The van der Waals surface area contributed by atoms with Crippen molar-refractivity contribution in [1.82, 2.24) is 0 Å². The van der Waals surface area contributed by atoms with Crippen molar-refractivity contribution in [2.45, 2.75) is 20.0 Å². The fourth-order valence-electron chi connectivity index (χ4n) is 1.95. The van der Waals surface area contributed by atoms with E-state index >= 15 is 0 Å². The first-order chi connectivity index (χ1) is 9.47. The van der Waals surface area contributed by atoms with Crippen LogP contribution in [0.3, 0.4) is 0 Å². The summed E-state index contributed by atoms with van der Waals surface area (Å²) < 4.78 is 0. The monoisotopic (exact) mass is 309 g/mol. The van der Waals surface area contributed by atoms with Crippen molar-refractivity contribution in [1.29, 1.82) is 0 Å². The summed E-state index contributed by atoms with van der Waals surface area (Å²) in [6, 6.07) is 11.2. The van der Waals surface area contributed by atoms with Gasteiger partial charge in [-0.3, -0.25) is 0 Å². The van der Waals surface area contributed by atoms with Gasteiger partial charge in [-0.2, -0.15) is 0 Å². The van der Waals surface area contributed by atoms with Crippen molar-refractivity contribution in [3.8, 4) is 0 Å². The van der Waals surface area contributed by atoms with E-state index < -0.39 is 6.10 Å². The molecule has 2 rings (SSSR count). The van der Waals surface area contributed by atoms with Gasteiger partial charge in [-0.25, -0.2) is 0 Å². The molecule has 20 heavy (non-hydrogen) atoms.